The van der Waals surface area contributed by atoms with Gasteiger partial charge >= 0.3 is 5.97 Å². The summed E-state index contributed by atoms with van der Waals surface area (Å²) in [5, 5.41) is 9.41. The molecule has 27 heavy (non-hydrogen) atoms. The van der Waals surface area contributed by atoms with E-state index < -0.39 is 11.4 Å². The quantitative estimate of drug-likeness (QED) is 0.439. The molecule has 1 atom stereocenters. The second kappa shape index (κ2) is 10.3. The topological polar surface area (TPSA) is 37.3 Å². The van der Waals surface area contributed by atoms with Gasteiger partial charge < -0.3 is 5.11 Å². The molecule has 1 N–H and O–H groups in total. The van der Waals surface area contributed by atoms with Crippen LogP contribution in [0.25, 0.3) is 11.1 Å². The first-order valence-electron chi connectivity index (χ1n) is 10.4. The van der Waals surface area contributed by atoms with Gasteiger partial charge in [0.1, 0.15) is 0 Å². The van der Waals surface area contributed by atoms with Gasteiger partial charge in [-0.15, -0.1) is 0 Å². The Morgan fingerprint density at radius 3 is 2.22 bits per heavy atom. The van der Waals surface area contributed by atoms with Crippen molar-refractivity contribution in [3.05, 3.63) is 59.7 Å². The summed E-state index contributed by atoms with van der Waals surface area (Å²) >= 11 is 0. The molecule has 1 unspecified atom stereocenters. The Balaban J connectivity index is 1.97. The zero-order valence-electron chi connectivity index (χ0n) is 17.1. The first kappa shape index (κ1) is 21.2. The van der Waals surface area contributed by atoms with Crippen LogP contribution in [0.4, 0.5) is 0 Å². The lowest BCUT2D eigenvalue weighted by Gasteiger charge is -2.22. The van der Waals surface area contributed by atoms with Gasteiger partial charge in [-0.1, -0.05) is 75.2 Å². The van der Waals surface area contributed by atoms with Gasteiger partial charge in [0.05, 0.1) is 5.41 Å². The molecule has 0 aromatic heterocycles. The van der Waals surface area contributed by atoms with Crippen LogP contribution in [0.1, 0.15) is 70.4 Å². The highest BCUT2D eigenvalue weighted by molar-refractivity contribution is 5.74. The summed E-state index contributed by atoms with van der Waals surface area (Å²) in [5.41, 5.74) is 4.58. The van der Waals surface area contributed by atoms with Gasteiger partial charge in [0.25, 0.3) is 0 Å². The predicted molar refractivity (Wildman–Crippen MR) is 114 cm³/mol. The van der Waals surface area contributed by atoms with E-state index in [1.807, 2.05) is 13.8 Å². The van der Waals surface area contributed by atoms with Crippen molar-refractivity contribution >= 4 is 5.97 Å². The Kier molecular flexibility index (Phi) is 8.09. The first-order valence-corrected chi connectivity index (χ1v) is 10.4. The molecule has 0 bridgehead atoms. The molecular weight excluding hydrogens is 332 g/mol. The normalized spacial score (nSPS) is 13.3. The molecule has 0 saturated carbocycles. The van der Waals surface area contributed by atoms with Crippen molar-refractivity contribution in [2.75, 3.05) is 0 Å². The molecule has 0 aliphatic rings. The molecule has 2 heteroatoms. The van der Waals surface area contributed by atoms with Crippen LogP contribution in [-0.4, -0.2) is 11.1 Å². The van der Waals surface area contributed by atoms with Crippen molar-refractivity contribution in [2.45, 2.75) is 72.1 Å². The van der Waals surface area contributed by atoms with Crippen LogP contribution in [0.3, 0.4) is 0 Å². The van der Waals surface area contributed by atoms with Crippen LogP contribution in [-0.2, 0) is 17.6 Å². The smallest absolute Gasteiger partial charge is 0.309 e. The maximum atomic E-state index is 11.4. The Bertz CT molecular complexity index is 717. The van der Waals surface area contributed by atoms with E-state index in [4.69, 9.17) is 0 Å². The SMILES string of the molecule is CCCCCc1ccc(-c2cccc(CCCC(C)(CC)C(=O)O)c2)cc1. The third-order valence-corrected chi connectivity index (χ3v) is 5.77. The van der Waals surface area contributed by atoms with Crippen molar-refractivity contribution in [1.29, 1.82) is 0 Å². The number of benzene rings is 2. The van der Waals surface area contributed by atoms with Gasteiger partial charge in [-0.05, 0) is 67.7 Å². The van der Waals surface area contributed by atoms with Crippen LogP contribution in [0.5, 0.6) is 0 Å². The van der Waals surface area contributed by atoms with Gasteiger partial charge in [0.15, 0.2) is 0 Å². The molecule has 146 valence electrons. The zero-order valence-corrected chi connectivity index (χ0v) is 17.1. The van der Waals surface area contributed by atoms with Crippen molar-refractivity contribution < 1.29 is 9.90 Å². The van der Waals surface area contributed by atoms with Gasteiger partial charge in [0, 0.05) is 0 Å². The van der Waals surface area contributed by atoms with Gasteiger partial charge in [-0.3, -0.25) is 4.79 Å². The fraction of sp³-hybridized carbons (Fsp3) is 0.480. The summed E-state index contributed by atoms with van der Waals surface area (Å²) in [5.74, 6) is -0.683. The molecule has 0 saturated heterocycles. The molecule has 2 aromatic rings. The molecule has 0 aliphatic carbocycles. The minimum atomic E-state index is -0.683. The fourth-order valence-electron chi connectivity index (χ4n) is 3.47. The molecule has 0 amide bonds. The standard InChI is InChI=1S/C25H34O2/c1-4-6-7-10-20-14-16-22(17-15-20)23-13-8-11-21(19-23)12-9-18-25(3,5-2)24(26)27/h8,11,13-17,19H,4-7,9-10,12,18H2,1-3H3,(H,26,27). The minimum absolute atomic E-state index is 0.606. The van der Waals surface area contributed by atoms with E-state index in [0.717, 1.165) is 25.7 Å². The van der Waals surface area contributed by atoms with Crippen LogP contribution < -0.4 is 0 Å². The van der Waals surface area contributed by atoms with Crippen LogP contribution >= 0.6 is 0 Å². The Hall–Kier alpha value is -2.09. The summed E-state index contributed by atoms with van der Waals surface area (Å²) in [7, 11) is 0. The number of carboxylic acids is 1. The molecular formula is C25H34O2. The van der Waals surface area contributed by atoms with E-state index in [1.54, 1.807) is 0 Å². The molecule has 0 radical (unpaired) electrons. The number of carbonyl (C=O) groups is 1. The average molecular weight is 367 g/mol. The lowest BCUT2D eigenvalue weighted by Crippen LogP contribution is -2.26. The number of unbranched alkanes of at least 4 members (excludes halogenated alkanes) is 2. The molecule has 0 aliphatic heterocycles. The fourth-order valence-corrected chi connectivity index (χ4v) is 3.47. The van der Waals surface area contributed by atoms with E-state index in [-0.39, 0.29) is 0 Å². The second-order valence-corrected chi connectivity index (χ2v) is 7.93. The zero-order chi connectivity index (χ0) is 19.7. The molecule has 2 nitrogen and oxygen atoms in total. The number of aryl methyl sites for hydroxylation is 2. The van der Waals surface area contributed by atoms with Crippen LogP contribution in [0.2, 0.25) is 0 Å². The second-order valence-electron chi connectivity index (χ2n) is 7.93. The highest BCUT2D eigenvalue weighted by atomic mass is 16.4. The highest BCUT2D eigenvalue weighted by Gasteiger charge is 2.30. The van der Waals surface area contributed by atoms with E-state index in [2.05, 4.69) is 55.5 Å². The number of aliphatic carboxylic acids is 1. The minimum Gasteiger partial charge on any atom is -0.481 e. The summed E-state index contributed by atoms with van der Waals surface area (Å²) in [6.07, 6.45) is 8.19. The van der Waals surface area contributed by atoms with Crippen molar-refractivity contribution in [2.24, 2.45) is 5.41 Å². The molecule has 2 rings (SSSR count). The van der Waals surface area contributed by atoms with Crippen molar-refractivity contribution in [3.63, 3.8) is 0 Å². The maximum absolute atomic E-state index is 11.4. The summed E-state index contributed by atoms with van der Waals surface area (Å²) in [6.45, 7) is 6.05. The Morgan fingerprint density at radius 2 is 1.59 bits per heavy atom. The molecule has 0 fully saturated rings. The lowest BCUT2D eigenvalue weighted by atomic mass is 9.82. The lowest BCUT2D eigenvalue weighted by molar-refractivity contribution is -0.148. The maximum Gasteiger partial charge on any atom is 0.309 e. The summed E-state index contributed by atoms with van der Waals surface area (Å²) in [4.78, 5) is 11.4. The van der Waals surface area contributed by atoms with Crippen LogP contribution in [0.15, 0.2) is 48.5 Å². The number of hydrogen-bond donors (Lipinski definition) is 1. The summed E-state index contributed by atoms with van der Waals surface area (Å²) < 4.78 is 0. The largest absolute Gasteiger partial charge is 0.481 e. The number of rotatable bonds is 11. The van der Waals surface area contributed by atoms with Crippen molar-refractivity contribution in [1.82, 2.24) is 0 Å². The number of carboxylic acid groups (broad SMARTS) is 1. The van der Waals surface area contributed by atoms with E-state index in [9.17, 15) is 9.90 Å². The van der Waals surface area contributed by atoms with Gasteiger partial charge in [0.2, 0.25) is 0 Å². The van der Waals surface area contributed by atoms with Crippen LogP contribution in [0, 0.1) is 5.41 Å². The molecule has 0 heterocycles. The van der Waals surface area contributed by atoms with E-state index in [0.29, 0.717) is 6.42 Å². The Morgan fingerprint density at radius 1 is 0.889 bits per heavy atom. The predicted octanol–water partition coefficient (Wildman–Crippen LogP) is 6.91. The van der Waals surface area contributed by atoms with Gasteiger partial charge in [-0.25, -0.2) is 0 Å². The third-order valence-electron chi connectivity index (χ3n) is 5.77. The van der Waals surface area contributed by atoms with E-state index >= 15 is 0 Å². The monoisotopic (exact) mass is 366 g/mol. The molecule has 0 spiro atoms. The Labute approximate surface area is 164 Å². The number of hydrogen-bond acceptors (Lipinski definition) is 1. The van der Waals surface area contributed by atoms with Crippen molar-refractivity contribution in [3.8, 4) is 11.1 Å². The van der Waals surface area contributed by atoms with E-state index in [1.165, 1.54) is 41.5 Å². The average Bonchev–Trinajstić information content (AvgIpc) is 2.68. The van der Waals surface area contributed by atoms with Gasteiger partial charge in [-0.2, -0.15) is 0 Å². The molecule has 2 aromatic carbocycles. The third kappa shape index (κ3) is 6.23. The first-order chi connectivity index (χ1) is 13.0. The highest BCUT2D eigenvalue weighted by Crippen LogP contribution is 2.29. The summed E-state index contributed by atoms with van der Waals surface area (Å²) in [6, 6.07) is 17.6.